The minimum absolute atomic E-state index is 0.284. The van der Waals surface area contributed by atoms with Gasteiger partial charge in [-0.2, -0.15) is 0 Å². The highest BCUT2D eigenvalue weighted by atomic mass is 28.4. The molecular formula is C12H24O3Si. The van der Waals surface area contributed by atoms with Crippen molar-refractivity contribution in [3.63, 3.8) is 0 Å². The zero-order valence-corrected chi connectivity index (χ0v) is 12.1. The fourth-order valence-corrected chi connectivity index (χ4v) is 3.93. The lowest BCUT2D eigenvalue weighted by atomic mass is 10.3. The van der Waals surface area contributed by atoms with Gasteiger partial charge in [0.1, 0.15) is 0 Å². The molecule has 0 saturated heterocycles. The van der Waals surface area contributed by atoms with E-state index in [0.29, 0.717) is 12.2 Å². The molecule has 0 N–H and O–H groups in total. The average Bonchev–Trinajstić information content (AvgIpc) is 2.31. The van der Waals surface area contributed by atoms with E-state index in [1.165, 1.54) is 0 Å². The van der Waals surface area contributed by atoms with Gasteiger partial charge in [-0.3, -0.25) is 0 Å². The van der Waals surface area contributed by atoms with Crippen molar-refractivity contribution in [3.8, 4) is 0 Å². The third-order valence-corrected chi connectivity index (χ3v) is 7.50. The zero-order chi connectivity index (χ0) is 12.6. The van der Waals surface area contributed by atoms with Crippen molar-refractivity contribution in [3.05, 3.63) is 11.8 Å². The Morgan fingerprint density at radius 3 is 2.00 bits per heavy atom. The molecule has 16 heavy (non-hydrogen) atoms. The third-order valence-electron chi connectivity index (χ3n) is 3.02. The lowest BCUT2D eigenvalue weighted by molar-refractivity contribution is -0.138. The van der Waals surface area contributed by atoms with Crippen LogP contribution in [0.25, 0.3) is 0 Å². The molecule has 0 aromatic carbocycles. The van der Waals surface area contributed by atoms with Gasteiger partial charge in [0.15, 0.2) is 0 Å². The standard InChI is InChI=1S/C12H24O3Si/c1-6-14-12(13)11(5)10-15-16(7-2,8-3)9-4/h10H,6-9H2,1-5H3. The summed E-state index contributed by atoms with van der Waals surface area (Å²) in [4.78, 5) is 11.4. The van der Waals surface area contributed by atoms with Crippen LogP contribution in [0.5, 0.6) is 0 Å². The second-order valence-electron chi connectivity index (χ2n) is 3.88. The first-order valence-electron chi connectivity index (χ1n) is 6.06. The van der Waals surface area contributed by atoms with Crippen LogP contribution in [0.3, 0.4) is 0 Å². The fourth-order valence-electron chi connectivity index (χ4n) is 1.51. The SMILES string of the molecule is CCOC(=O)C(C)=CO[Si](CC)(CC)CC. The van der Waals surface area contributed by atoms with Crippen LogP contribution in [-0.4, -0.2) is 20.9 Å². The number of esters is 1. The lowest BCUT2D eigenvalue weighted by Crippen LogP contribution is -2.33. The molecule has 0 amide bonds. The molecule has 0 aliphatic rings. The second kappa shape index (κ2) is 7.49. The van der Waals surface area contributed by atoms with E-state index < -0.39 is 8.32 Å². The summed E-state index contributed by atoms with van der Waals surface area (Å²) in [7, 11) is -1.63. The molecule has 0 atom stereocenters. The number of ether oxygens (including phenoxy) is 1. The zero-order valence-electron chi connectivity index (χ0n) is 11.1. The number of rotatable bonds is 7. The van der Waals surface area contributed by atoms with Crippen molar-refractivity contribution in [1.82, 2.24) is 0 Å². The first-order chi connectivity index (χ1) is 7.55. The minimum atomic E-state index is -1.63. The molecule has 0 unspecified atom stereocenters. The summed E-state index contributed by atoms with van der Waals surface area (Å²) in [6.07, 6.45) is 1.60. The predicted molar refractivity (Wildman–Crippen MR) is 68.7 cm³/mol. The molecule has 94 valence electrons. The van der Waals surface area contributed by atoms with Gasteiger partial charge in [0, 0.05) is 0 Å². The fraction of sp³-hybridized carbons (Fsp3) is 0.750. The Morgan fingerprint density at radius 2 is 1.62 bits per heavy atom. The minimum Gasteiger partial charge on any atom is -0.548 e. The number of carbonyl (C=O) groups is 1. The molecule has 0 rings (SSSR count). The Hall–Kier alpha value is -0.773. The van der Waals surface area contributed by atoms with Crippen LogP contribution in [0.15, 0.2) is 11.8 Å². The summed E-state index contributed by atoms with van der Waals surface area (Å²) in [6, 6.07) is 3.23. The van der Waals surface area contributed by atoms with Crippen molar-refractivity contribution < 1.29 is 14.0 Å². The summed E-state index contributed by atoms with van der Waals surface area (Å²) in [6.45, 7) is 10.4. The topological polar surface area (TPSA) is 35.5 Å². The Balaban J connectivity index is 4.48. The highest BCUT2D eigenvalue weighted by Crippen LogP contribution is 2.22. The van der Waals surface area contributed by atoms with Gasteiger partial charge in [0.25, 0.3) is 0 Å². The summed E-state index contributed by atoms with van der Waals surface area (Å²) >= 11 is 0. The Labute approximate surface area is 100.0 Å². The van der Waals surface area contributed by atoms with Gasteiger partial charge in [0.2, 0.25) is 8.32 Å². The van der Waals surface area contributed by atoms with Crippen LogP contribution in [-0.2, 0) is 14.0 Å². The van der Waals surface area contributed by atoms with Crippen molar-refractivity contribution in [2.24, 2.45) is 0 Å². The highest BCUT2D eigenvalue weighted by Gasteiger charge is 2.29. The van der Waals surface area contributed by atoms with Crippen LogP contribution < -0.4 is 0 Å². The predicted octanol–water partition coefficient (Wildman–Crippen LogP) is 3.48. The van der Waals surface area contributed by atoms with Crippen LogP contribution in [0, 0.1) is 0 Å². The van der Waals surface area contributed by atoms with Crippen molar-refractivity contribution in [2.45, 2.75) is 52.8 Å². The quantitative estimate of drug-likeness (QED) is 0.298. The van der Waals surface area contributed by atoms with E-state index in [9.17, 15) is 4.79 Å². The highest BCUT2D eigenvalue weighted by molar-refractivity contribution is 6.73. The van der Waals surface area contributed by atoms with E-state index in [0.717, 1.165) is 18.1 Å². The number of carbonyl (C=O) groups excluding carboxylic acids is 1. The van der Waals surface area contributed by atoms with Gasteiger partial charge < -0.3 is 9.16 Å². The molecule has 0 radical (unpaired) electrons. The smallest absolute Gasteiger partial charge is 0.336 e. The molecular weight excluding hydrogens is 220 g/mol. The van der Waals surface area contributed by atoms with Crippen LogP contribution in [0.2, 0.25) is 18.1 Å². The molecule has 0 bridgehead atoms. The van der Waals surface area contributed by atoms with Crippen LogP contribution in [0.4, 0.5) is 0 Å². The largest absolute Gasteiger partial charge is 0.548 e. The Morgan fingerprint density at radius 1 is 1.12 bits per heavy atom. The van der Waals surface area contributed by atoms with Gasteiger partial charge in [-0.05, 0) is 32.0 Å². The molecule has 0 saturated carbocycles. The summed E-state index contributed by atoms with van der Waals surface area (Å²) in [5.41, 5.74) is 0.550. The molecule has 0 fully saturated rings. The van der Waals surface area contributed by atoms with Crippen molar-refractivity contribution >= 4 is 14.3 Å². The molecule has 0 aliphatic carbocycles. The van der Waals surface area contributed by atoms with Crippen molar-refractivity contribution in [2.75, 3.05) is 6.61 Å². The summed E-state index contributed by atoms with van der Waals surface area (Å²) < 4.78 is 10.8. The van der Waals surface area contributed by atoms with Crippen molar-refractivity contribution in [1.29, 1.82) is 0 Å². The lowest BCUT2D eigenvalue weighted by Gasteiger charge is -2.26. The van der Waals surface area contributed by atoms with E-state index >= 15 is 0 Å². The van der Waals surface area contributed by atoms with E-state index in [-0.39, 0.29) is 5.97 Å². The van der Waals surface area contributed by atoms with Gasteiger partial charge in [0.05, 0.1) is 18.4 Å². The van der Waals surface area contributed by atoms with E-state index in [1.54, 1.807) is 20.1 Å². The summed E-state index contributed by atoms with van der Waals surface area (Å²) in [5, 5.41) is 0. The second-order valence-corrected chi connectivity index (χ2v) is 8.61. The van der Waals surface area contributed by atoms with Gasteiger partial charge in [-0.15, -0.1) is 0 Å². The van der Waals surface area contributed by atoms with Gasteiger partial charge in [-0.25, -0.2) is 4.79 Å². The first-order valence-corrected chi connectivity index (χ1v) is 8.59. The average molecular weight is 244 g/mol. The Kier molecular flexibility index (Phi) is 7.13. The Bertz CT molecular complexity index is 236. The van der Waals surface area contributed by atoms with Crippen LogP contribution in [0.1, 0.15) is 34.6 Å². The molecule has 0 aromatic rings. The first kappa shape index (κ1) is 15.2. The maximum atomic E-state index is 11.4. The molecule has 4 heteroatoms. The molecule has 0 heterocycles. The maximum Gasteiger partial charge on any atom is 0.336 e. The van der Waals surface area contributed by atoms with E-state index in [1.807, 2.05) is 0 Å². The van der Waals surface area contributed by atoms with Gasteiger partial charge >= 0.3 is 5.97 Å². The third kappa shape index (κ3) is 4.39. The number of hydrogen-bond acceptors (Lipinski definition) is 3. The van der Waals surface area contributed by atoms with E-state index in [4.69, 9.17) is 9.16 Å². The number of hydrogen-bond donors (Lipinski definition) is 0. The monoisotopic (exact) mass is 244 g/mol. The molecule has 0 aliphatic heterocycles. The molecule has 0 spiro atoms. The van der Waals surface area contributed by atoms with Gasteiger partial charge in [-0.1, -0.05) is 20.8 Å². The normalized spacial score (nSPS) is 12.4. The molecule has 0 aromatic heterocycles. The molecule has 3 nitrogen and oxygen atoms in total. The van der Waals surface area contributed by atoms with Crippen LogP contribution >= 0.6 is 0 Å². The maximum absolute atomic E-state index is 11.4. The van der Waals surface area contributed by atoms with E-state index in [2.05, 4.69) is 20.8 Å². The summed E-state index contributed by atoms with van der Waals surface area (Å²) in [5.74, 6) is -0.284.